The van der Waals surface area contributed by atoms with Crippen LogP contribution in [0.1, 0.15) is 17.5 Å². The van der Waals surface area contributed by atoms with Gasteiger partial charge in [0.1, 0.15) is 11.6 Å². The van der Waals surface area contributed by atoms with Gasteiger partial charge in [-0.25, -0.2) is 4.39 Å². The van der Waals surface area contributed by atoms with Gasteiger partial charge in [-0.1, -0.05) is 54.6 Å². The third kappa shape index (κ3) is 5.96. The third-order valence-electron chi connectivity index (χ3n) is 4.21. The molecule has 0 radical (unpaired) electrons. The topological polar surface area (TPSA) is 38.3 Å². The van der Waals surface area contributed by atoms with E-state index in [2.05, 4.69) is 17.4 Å². The van der Waals surface area contributed by atoms with Gasteiger partial charge in [-0.2, -0.15) is 0 Å². The second-order valence-corrected chi connectivity index (χ2v) is 6.25. The van der Waals surface area contributed by atoms with E-state index in [4.69, 9.17) is 4.74 Å². The van der Waals surface area contributed by atoms with E-state index < -0.39 is 0 Å². The van der Waals surface area contributed by atoms with E-state index >= 15 is 0 Å². The Hall–Kier alpha value is -3.14. The molecule has 0 saturated carbocycles. The molecule has 0 aliphatic rings. The fraction of sp³-hybridized carbons (Fsp3) is 0.174. The Kier molecular flexibility index (Phi) is 6.58. The number of halogens is 1. The molecule has 0 saturated heterocycles. The Morgan fingerprint density at radius 1 is 0.815 bits per heavy atom. The molecule has 4 heteroatoms. The summed E-state index contributed by atoms with van der Waals surface area (Å²) in [7, 11) is 0. The predicted octanol–water partition coefficient (Wildman–Crippen LogP) is 5.02. The fourth-order valence-corrected chi connectivity index (χ4v) is 2.74. The van der Waals surface area contributed by atoms with Crippen LogP contribution in [-0.2, 0) is 17.6 Å². The highest BCUT2D eigenvalue weighted by Crippen LogP contribution is 2.24. The SMILES string of the molecule is O=C(CCc1ccc(F)cc1)Nc1ccccc1OCCc1ccccc1. The van der Waals surface area contributed by atoms with Crippen molar-refractivity contribution in [2.45, 2.75) is 19.3 Å². The van der Waals surface area contributed by atoms with Crippen molar-refractivity contribution in [3.63, 3.8) is 0 Å². The minimum Gasteiger partial charge on any atom is -0.491 e. The van der Waals surface area contributed by atoms with E-state index in [-0.39, 0.29) is 11.7 Å². The van der Waals surface area contributed by atoms with E-state index in [9.17, 15) is 9.18 Å². The van der Waals surface area contributed by atoms with Crippen LogP contribution in [0.5, 0.6) is 5.75 Å². The molecule has 0 spiro atoms. The molecule has 1 N–H and O–H groups in total. The van der Waals surface area contributed by atoms with Crippen molar-refractivity contribution < 1.29 is 13.9 Å². The number of nitrogens with one attached hydrogen (secondary N) is 1. The average molecular weight is 363 g/mol. The van der Waals surface area contributed by atoms with Crippen molar-refractivity contribution in [1.29, 1.82) is 0 Å². The van der Waals surface area contributed by atoms with Crippen LogP contribution >= 0.6 is 0 Å². The highest BCUT2D eigenvalue weighted by Gasteiger charge is 2.08. The van der Waals surface area contributed by atoms with Crippen molar-refractivity contribution in [1.82, 2.24) is 0 Å². The molecule has 0 atom stereocenters. The van der Waals surface area contributed by atoms with Crippen molar-refractivity contribution in [3.05, 3.63) is 95.8 Å². The molecular formula is C23H22FNO2. The van der Waals surface area contributed by atoms with Crippen LogP contribution in [0.3, 0.4) is 0 Å². The van der Waals surface area contributed by atoms with Crippen molar-refractivity contribution in [2.24, 2.45) is 0 Å². The fourth-order valence-electron chi connectivity index (χ4n) is 2.74. The minimum atomic E-state index is -0.273. The van der Waals surface area contributed by atoms with Crippen LogP contribution in [0.15, 0.2) is 78.9 Å². The predicted molar refractivity (Wildman–Crippen MR) is 105 cm³/mol. The highest BCUT2D eigenvalue weighted by molar-refractivity contribution is 5.92. The lowest BCUT2D eigenvalue weighted by atomic mass is 10.1. The molecule has 0 fully saturated rings. The van der Waals surface area contributed by atoms with Crippen LogP contribution < -0.4 is 10.1 Å². The van der Waals surface area contributed by atoms with E-state index in [0.29, 0.717) is 30.9 Å². The van der Waals surface area contributed by atoms with Gasteiger partial charge >= 0.3 is 0 Å². The number of aryl methyl sites for hydroxylation is 1. The summed E-state index contributed by atoms with van der Waals surface area (Å²) >= 11 is 0. The van der Waals surface area contributed by atoms with Crippen LogP contribution in [0.25, 0.3) is 0 Å². The molecule has 3 aromatic rings. The summed E-state index contributed by atoms with van der Waals surface area (Å²) in [6, 6.07) is 23.7. The molecule has 0 aliphatic heterocycles. The zero-order chi connectivity index (χ0) is 18.9. The van der Waals surface area contributed by atoms with Crippen LogP contribution in [0.2, 0.25) is 0 Å². The first-order valence-electron chi connectivity index (χ1n) is 9.01. The Morgan fingerprint density at radius 3 is 2.26 bits per heavy atom. The minimum absolute atomic E-state index is 0.0987. The number of carbonyl (C=O) groups is 1. The van der Waals surface area contributed by atoms with Gasteiger partial charge in [0.15, 0.2) is 0 Å². The second kappa shape index (κ2) is 9.53. The van der Waals surface area contributed by atoms with Crippen molar-refractivity contribution in [2.75, 3.05) is 11.9 Å². The van der Waals surface area contributed by atoms with Gasteiger partial charge in [0.25, 0.3) is 0 Å². The number of rotatable bonds is 8. The molecule has 1 amide bonds. The molecule has 0 unspecified atom stereocenters. The molecule has 0 heterocycles. The summed E-state index contributed by atoms with van der Waals surface area (Å²) in [5.41, 5.74) is 2.80. The first kappa shape index (κ1) is 18.6. The quantitative estimate of drug-likeness (QED) is 0.610. The summed E-state index contributed by atoms with van der Waals surface area (Å²) in [5, 5.41) is 2.90. The maximum atomic E-state index is 12.9. The normalized spacial score (nSPS) is 10.4. The van der Waals surface area contributed by atoms with Crippen LogP contribution in [0, 0.1) is 5.82 Å². The third-order valence-corrected chi connectivity index (χ3v) is 4.21. The standard InChI is InChI=1S/C23H22FNO2/c24-20-13-10-19(11-14-20)12-15-23(26)25-21-8-4-5-9-22(21)27-17-16-18-6-2-1-3-7-18/h1-11,13-14H,12,15-17H2,(H,25,26). The van der Waals surface area contributed by atoms with Gasteiger partial charge in [0.2, 0.25) is 5.91 Å². The highest BCUT2D eigenvalue weighted by atomic mass is 19.1. The van der Waals surface area contributed by atoms with Gasteiger partial charge in [-0.15, -0.1) is 0 Å². The van der Waals surface area contributed by atoms with Crippen molar-refractivity contribution >= 4 is 11.6 Å². The van der Waals surface area contributed by atoms with E-state index in [0.717, 1.165) is 12.0 Å². The first-order valence-corrected chi connectivity index (χ1v) is 9.01. The summed E-state index contributed by atoms with van der Waals surface area (Å²) in [4.78, 5) is 12.3. The number of carbonyl (C=O) groups excluding carboxylic acids is 1. The van der Waals surface area contributed by atoms with E-state index in [1.54, 1.807) is 12.1 Å². The lowest BCUT2D eigenvalue weighted by molar-refractivity contribution is -0.116. The summed E-state index contributed by atoms with van der Waals surface area (Å²) < 4.78 is 18.8. The van der Waals surface area contributed by atoms with Gasteiger partial charge in [0, 0.05) is 12.8 Å². The number of amides is 1. The zero-order valence-corrected chi connectivity index (χ0v) is 15.0. The van der Waals surface area contributed by atoms with Gasteiger partial charge in [-0.05, 0) is 41.8 Å². The lowest BCUT2D eigenvalue weighted by Crippen LogP contribution is -2.13. The lowest BCUT2D eigenvalue weighted by Gasteiger charge is -2.12. The molecular weight excluding hydrogens is 341 g/mol. The Bertz CT molecular complexity index is 863. The average Bonchev–Trinajstić information content (AvgIpc) is 2.70. The summed E-state index contributed by atoms with van der Waals surface area (Å²) in [6.07, 6.45) is 1.68. The molecule has 0 aliphatic carbocycles. The van der Waals surface area contributed by atoms with Gasteiger partial charge < -0.3 is 10.1 Å². The Balaban J connectivity index is 1.52. The van der Waals surface area contributed by atoms with Gasteiger partial charge in [0.05, 0.1) is 12.3 Å². The number of benzene rings is 3. The summed E-state index contributed by atoms with van der Waals surface area (Å²) in [5.74, 6) is 0.284. The van der Waals surface area contributed by atoms with E-state index in [1.165, 1.54) is 17.7 Å². The first-order chi connectivity index (χ1) is 13.2. The van der Waals surface area contributed by atoms with Gasteiger partial charge in [-0.3, -0.25) is 4.79 Å². The second-order valence-electron chi connectivity index (χ2n) is 6.25. The molecule has 3 rings (SSSR count). The Labute approximate surface area is 158 Å². The number of ether oxygens (including phenoxy) is 1. The van der Waals surface area contributed by atoms with Crippen LogP contribution in [-0.4, -0.2) is 12.5 Å². The number of hydrogen-bond acceptors (Lipinski definition) is 2. The van der Waals surface area contributed by atoms with Crippen LogP contribution in [0.4, 0.5) is 10.1 Å². The number of para-hydroxylation sites is 2. The molecule has 0 bridgehead atoms. The molecule has 27 heavy (non-hydrogen) atoms. The van der Waals surface area contributed by atoms with E-state index in [1.807, 2.05) is 42.5 Å². The largest absolute Gasteiger partial charge is 0.491 e. The number of anilines is 1. The molecule has 3 nitrogen and oxygen atoms in total. The number of hydrogen-bond donors (Lipinski definition) is 1. The maximum Gasteiger partial charge on any atom is 0.224 e. The molecule has 138 valence electrons. The molecule has 0 aromatic heterocycles. The summed E-state index contributed by atoms with van der Waals surface area (Å²) in [6.45, 7) is 0.534. The zero-order valence-electron chi connectivity index (χ0n) is 15.0. The van der Waals surface area contributed by atoms with Crippen molar-refractivity contribution in [3.8, 4) is 5.75 Å². The molecule has 3 aromatic carbocycles. The Morgan fingerprint density at radius 2 is 1.48 bits per heavy atom. The maximum absolute atomic E-state index is 12.9. The smallest absolute Gasteiger partial charge is 0.224 e. The monoisotopic (exact) mass is 363 g/mol.